The number of rotatable bonds is 7. The monoisotopic (exact) mass is 304 g/mol. The number of carbonyl (C=O) groups excluding carboxylic acids is 1. The van der Waals surface area contributed by atoms with Crippen LogP contribution in [-0.2, 0) is 0 Å². The lowest BCUT2D eigenvalue weighted by Gasteiger charge is -2.21. The first kappa shape index (κ1) is 16.5. The molecule has 1 aliphatic rings. The highest BCUT2D eigenvalue weighted by Crippen LogP contribution is 2.27. The number of unbranched alkanes of at least 4 members (excludes halogenated alkanes) is 1. The zero-order chi connectivity index (χ0) is 15.8. The fourth-order valence-electron chi connectivity index (χ4n) is 3.01. The maximum Gasteiger partial charge on any atom is 0.354 e. The van der Waals surface area contributed by atoms with E-state index in [9.17, 15) is 9.59 Å². The van der Waals surface area contributed by atoms with Gasteiger partial charge in [0.1, 0.15) is 11.4 Å². The van der Waals surface area contributed by atoms with Gasteiger partial charge in [0.05, 0.1) is 0 Å². The summed E-state index contributed by atoms with van der Waals surface area (Å²) < 4.78 is 0. The smallest absolute Gasteiger partial charge is 0.354 e. The van der Waals surface area contributed by atoms with E-state index in [2.05, 4.69) is 10.3 Å². The van der Waals surface area contributed by atoms with Gasteiger partial charge in [-0.2, -0.15) is 0 Å². The summed E-state index contributed by atoms with van der Waals surface area (Å²) in [7, 11) is 0. The van der Waals surface area contributed by atoms with Crippen molar-refractivity contribution in [2.24, 2.45) is 5.92 Å². The van der Waals surface area contributed by atoms with Crippen LogP contribution in [0.3, 0.4) is 0 Å². The lowest BCUT2D eigenvalue weighted by molar-refractivity contribution is 0.0690. The van der Waals surface area contributed by atoms with Crippen LogP contribution in [0.25, 0.3) is 0 Å². The molecular weight excluding hydrogens is 280 g/mol. The summed E-state index contributed by atoms with van der Waals surface area (Å²) >= 11 is 0. The molecule has 2 N–H and O–H groups in total. The molecule has 5 heteroatoms. The van der Waals surface area contributed by atoms with Crippen molar-refractivity contribution in [1.29, 1.82) is 0 Å². The second-order valence-electron chi connectivity index (χ2n) is 5.97. The van der Waals surface area contributed by atoms with Crippen molar-refractivity contribution in [3.05, 3.63) is 29.6 Å². The summed E-state index contributed by atoms with van der Waals surface area (Å²) in [4.78, 5) is 26.6. The Labute approximate surface area is 131 Å². The van der Waals surface area contributed by atoms with Crippen LogP contribution in [-0.4, -0.2) is 28.5 Å². The summed E-state index contributed by atoms with van der Waals surface area (Å²) in [5.74, 6) is -0.554. The summed E-state index contributed by atoms with van der Waals surface area (Å²) in [6, 6.07) is 4.45. The molecule has 22 heavy (non-hydrogen) atoms. The molecule has 0 spiro atoms. The van der Waals surface area contributed by atoms with Gasteiger partial charge in [-0.05, 0) is 24.5 Å². The second kappa shape index (κ2) is 8.51. The molecule has 1 amide bonds. The molecule has 1 saturated carbocycles. The number of aromatic nitrogens is 1. The topological polar surface area (TPSA) is 79.3 Å². The number of carboxylic acid groups (broad SMARTS) is 1. The second-order valence-corrected chi connectivity index (χ2v) is 5.97. The molecule has 5 nitrogen and oxygen atoms in total. The molecule has 0 saturated heterocycles. The third kappa shape index (κ3) is 5.13. The van der Waals surface area contributed by atoms with E-state index in [1.54, 1.807) is 0 Å². The van der Waals surface area contributed by atoms with Gasteiger partial charge in [-0.25, -0.2) is 9.78 Å². The van der Waals surface area contributed by atoms with E-state index in [0.717, 1.165) is 18.8 Å². The van der Waals surface area contributed by atoms with Gasteiger partial charge in [0, 0.05) is 6.54 Å². The summed E-state index contributed by atoms with van der Waals surface area (Å²) in [5, 5.41) is 11.7. The van der Waals surface area contributed by atoms with Crippen LogP contribution in [0.5, 0.6) is 0 Å². The Hall–Kier alpha value is -1.91. The maximum atomic E-state index is 11.9. The van der Waals surface area contributed by atoms with E-state index in [1.807, 2.05) is 0 Å². The number of nitrogens with one attached hydrogen (secondary N) is 1. The molecular formula is C17H24N2O3. The van der Waals surface area contributed by atoms with Gasteiger partial charge < -0.3 is 10.4 Å². The molecule has 2 rings (SSSR count). The van der Waals surface area contributed by atoms with Crippen molar-refractivity contribution in [3.63, 3.8) is 0 Å². The normalized spacial score (nSPS) is 15.5. The first-order valence-electron chi connectivity index (χ1n) is 8.15. The minimum atomic E-state index is -1.12. The van der Waals surface area contributed by atoms with Gasteiger partial charge in [0.2, 0.25) is 0 Å². The molecule has 0 radical (unpaired) electrons. The standard InChI is InChI=1S/C17H24N2O3/c20-16(14-10-6-11-15(19-14)17(21)22)18-12-5-4-9-13-7-2-1-3-8-13/h6,10-11,13H,1-5,7-9,12H2,(H,18,20)(H,21,22). The molecule has 1 fully saturated rings. The largest absolute Gasteiger partial charge is 0.477 e. The highest BCUT2D eigenvalue weighted by atomic mass is 16.4. The number of pyridine rings is 1. The molecule has 1 aliphatic carbocycles. The minimum absolute atomic E-state index is 0.107. The molecule has 0 unspecified atom stereocenters. The number of hydrogen-bond acceptors (Lipinski definition) is 3. The van der Waals surface area contributed by atoms with Gasteiger partial charge in [-0.15, -0.1) is 0 Å². The van der Waals surface area contributed by atoms with Gasteiger partial charge in [0.15, 0.2) is 0 Å². The number of carbonyl (C=O) groups is 2. The van der Waals surface area contributed by atoms with Crippen LogP contribution >= 0.6 is 0 Å². The van der Waals surface area contributed by atoms with E-state index in [1.165, 1.54) is 56.7 Å². The van der Waals surface area contributed by atoms with Gasteiger partial charge >= 0.3 is 5.97 Å². The molecule has 1 heterocycles. The summed E-state index contributed by atoms with van der Waals surface area (Å²) in [6.07, 6.45) is 10.2. The first-order valence-corrected chi connectivity index (χ1v) is 8.15. The van der Waals surface area contributed by atoms with Gasteiger partial charge in [-0.1, -0.05) is 51.0 Å². The first-order chi connectivity index (χ1) is 10.7. The van der Waals surface area contributed by atoms with E-state index < -0.39 is 5.97 Å². The van der Waals surface area contributed by atoms with Crippen LogP contribution in [0.4, 0.5) is 0 Å². The third-order valence-corrected chi connectivity index (χ3v) is 4.25. The lowest BCUT2D eigenvalue weighted by atomic mass is 9.86. The fourth-order valence-corrected chi connectivity index (χ4v) is 3.01. The van der Waals surface area contributed by atoms with E-state index in [4.69, 9.17) is 5.11 Å². The van der Waals surface area contributed by atoms with E-state index in [-0.39, 0.29) is 17.3 Å². The van der Waals surface area contributed by atoms with Crippen molar-refractivity contribution >= 4 is 11.9 Å². The van der Waals surface area contributed by atoms with Crippen molar-refractivity contribution in [2.45, 2.75) is 51.4 Å². The van der Waals surface area contributed by atoms with Crippen LogP contribution in [0, 0.1) is 5.92 Å². The Balaban J connectivity index is 1.67. The van der Waals surface area contributed by atoms with Crippen molar-refractivity contribution in [2.75, 3.05) is 6.54 Å². The van der Waals surface area contributed by atoms with Crippen molar-refractivity contribution < 1.29 is 14.7 Å². The SMILES string of the molecule is O=C(O)c1cccc(C(=O)NCCCCC2CCCCC2)n1. The van der Waals surface area contributed by atoms with Crippen LogP contribution in [0.15, 0.2) is 18.2 Å². The zero-order valence-corrected chi connectivity index (χ0v) is 12.9. The van der Waals surface area contributed by atoms with Crippen molar-refractivity contribution in [1.82, 2.24) is 10.3 Å². The Morgan fingerprint density at radius 3 is 2.59 bits per heavy atom. The van der Waals surface area contributed by atoms with E-state index >= 15 is 0 Å². The number of carboxylic acids is 1. The Kier molecular flexibility index (Phi) is 6.37. The van der Waals surface area contributed by atoms with Crippen LogP contribution in [0.2, 0.25) is 0 Å². The third-order valence-electron chi connectivity index (χ3n) is 4.25. The molecule has 120 valence electrons. The Bertz CT molecular complexity index is 510. The maximum absolute atomic E-state index is 11.9. The van der Waals surface area contributed by atoms with Crippen LogP contribution < -0.4 is 5.32 Å². The zero-order valence-electron chi connectivity index (χ0n) is 12.9. The molecule has 1 aromatic rings. The summed E-state index contributed by atoms with van der Waals surface area (Å²) in [5.41, 5.74) is 0.0529. The van der Waals surface area contributed by atoms with Gasteiger partial charge in [-0.3, -0.25) is 4.79 Å². The molecule has 0 aliphatic heterocycles. The number of nitrogens with zero attached hydrogens (tertiary/aromatic N) is 1. The van der Waals surface area contributed by atoms with E-state index in [0.29, 0.717) is 6.54 Å². The minimum Gasteiger partial charge on any atom is -0.477 e. The van der Waals surface area contributed by atoms with Crippen molar-refractivity contribution in [3.8, 4) is 0 Å². The molecule has 0 aromatic carbocycles. The number of hydrogen-bond donors (Lipinski definition) is 2. The predicted molar refractivity (Wildman–Crippen MR) is 84.0 cm³/mol. The Morgan fingerprint density at radius 1 is 1.14 bits per heavy atom. The quantitative estimate of drug-likeness (QED) is 0.758. The lowest BCUT2D eigenvalue weighted by Crippen LogP contribution is -2.26. The van der Waals surface area contributed by atoms with Crippen LogP contribution in [0.1, 0.15) is 72.3 Å². The summed E-state index contributed by atoms with van der Waals surface area (Å²) in [6.45, 7) is 0.616. The molecule has 0 atom stereocenters. The highest BCUT2D eigenvalue weighted by molar-refractivity contribution is 5.94. The fraction of sp³-hybridized carbons (Fsp3) is 0.588. The molecule has 1 aromatic heterocycles. The molecule has 0 bridgehead atoms. The average molecular weight is 304 g/mol. The van der Waals surface area contributed by atoms with Gasteiger partial charge in [0.25, 0.3) is 5.91 Å². The number of amides is 1. The highest BCUT2D eigenvalue weighted by Gasteiger charge is 2.13. The average Bonchev–Trinajstić information content (AvgIpc) is 2.55. The predicted octanol–water partition coefficient (Wildman–Crippen LogP) is 3.26. The Morgan fingerprint density at radius 2 is 1.86 bits per heavy atom. The number of aromatic carboxylic acids is 1.